The van der Waals surface area contributed by atoms with Crippen LogP contribution in [0.4, 0.5) is 19.0 Å². The summed E-state index contributed by atoms with van der Waals surface area (Å²) in [6.07, 6.45) is 0.403. The zero-order chi connectivity index (χ0) is 26.7. The summed E-state index contributed by atoms with van der Waals surface area (Å²) < 4.78 is 46.7. The molecule has 0 aliphatic heterocycles. The summed E-state index contributed by atoms with van der Waals surface area (Å²) in [4.78, 5) is 19.9. The van der Waals surface area contributed by atoms with E-state index in [4.69, 9.17) is 10.8 Å². The largest absolute Gasteiger partial charge is 0.459 e. The van der Waals surface area contributed by atoms with Gasteiger partial charge in [0.05, 0.1) is 22.8 Å². The van der Waals surface area contributed by atoms with Crippen molar-refractivity contribution in [3.8, 4) is 23.7 Å². The maximum atomic E-state index is 13.5. The highest BCUT2D eigenvalue weighted by Gasteiger charge is 2.36. The quantitative estimate of drug-likeness (QED) is 0.261. The Bertz CT molecular complexity index is 1490. The third-order valence-electron chi connectivity index (χ3n) is 5.53. The van der Waals surface area contributed by atoms with Crippen LogP contribution in [-0.2, 0) is 12.7 Å². The first-order valence-corrected chi connectivity index (χ1v) is 12.1. The standard InChI is InChI=1S/C26H24F3N5O2S/c1-5-10-31-23(35)21-12-18-22(33-25(26(27,28)29)34-24(18)37-21)32-15(3)19-8-9-20(36-19)17-11-14(2)6-7-16(17)13-30-4/h1,6-9,11-12,15,30H,10,13H2,2-4H3,(H,31,35)(H,32,33,34). The number of amides is 1. The maximum Gasteiger partial charge on any atom is 0.451 e. The third kappa shape index (κ3) is 5.76. The van der Waals surface area contributed by atoms with Crippen molar-refractivity contribution < 1.29 is 22.4 Å². The Morgan fingerprint density at radius 3 is 2.70 bits per heavy atom. The molecule has 192 valence electrons. The predicted molar refractivity (Wildman–Crippen MR) is 137 cm³/mol. The van der Waals surface area contributed by atoms with Gasteiger partial charge in [0.1, 0.15) is 22.2 Å². The number of hydrogen-bond donors (Lipinski definition) is 3. The number of anilines is 1. The van der Waals surface area contributed by atoms with Crippen LogP contribution in [0, 0.1) is 19.3 Å². The molecule has 0 fully saturated rings. The summed E-state index contributed by atoms with van der Waals surface area (Å²) in [5.41, 5.74) is 3.05. The van der Waals surface area contributed by atoms with Crippen LogP contribution in [0.5, 0.6) is 0 Å². The Hall–Kier alpha value is -3.88. The lowest BCUT2D eigenvalue weighted by molar-refractivity contribution is -0.144. The Morgan fingerprint density at radius 2 is 2.00 bits per heavy atom. The lowest BCUT2D eigenvalue weighted by Crippen LogP contribution is -2.22. The topological polar surface area (TPSA) is 92.1 Å². The molecular formula is C26H24F3N5O2S. The van der Waals surface area contributed by atoms with E-state index in [0.29, 0.717) is 18.1 Å². The zero-order valence-corrected chi connectivity index (χ0v) is 21.1. The second kappa shape index (κ2) is 10.6. The molecule has 0 aliphatic rings. The number of alkyl halides is 3. The molecule has 0 radical (unpaired) electrons. The van der Waals surface area contributed by atoms with Gasteiger partial charge in [-0.1, -0.05) is 23.6 Å². The van der Waals surface area contributed by atoms with E-state index in [-0.39, 0.29) is 27.5 Å². The molecule has 0 bridgehead atoms. The predicted octanol–water partition coefficient (Wildman–Crippen LogP) is 5.53. The molecule has 7 nitrogen and oxygen atoms in total. The van der Waals surface area contributed by atoms with Crippen molar-refractivity contribution in [3.05, 3.63) is 64.0 Å². The van der Waals surface area contributed by atoms with Crippen LogP contribution < -0.4 is 16.0 Å². The van der Waals surface area contributed by atoms with E-state index >= 15 is 0 Å². The fourth-order valence-corrected chi connectivity index (χ4v) is 4.71. The minimum Gasteiger partial charge on any atom is -0.459 e. The molecule has 11 heteroatoms. The van der Waals surface area contributed by atoms with Crippen molar-refractivity contribution in [2.75, 3.05) is 18.9 Å². The summed E-state index contributed by atoms with van der Waals surface area (Å²) in [5, 5.41) is 8.94. The van der Waals surface area contributed by atoms with Gasteiger partial charge in [-0.15, -0.1) is 17.8 Å². The summed E-state index contributed by atoms with van der Waals surface area (Å²) in [6, 6.07) is 10.6. The van der Waals surface area contributed by atoms with Gasteiger partial charge in [-0.2, -0.15) is 13.2 Å². The number of rotatable bonds is 8. The number of benzene rings is 1. The molecule has 1 aromatic carbocycles. The van der Waals surface area contributed by atoms with Gasteiger partial charge < -0.3 is 20.4 Å². The average molecular weight is 528 g/mol. The number of carbonyl (C=O) groups is 1. The highest BCUT2D eigenvalue weighted by Crippen LogP contribution is 2.36. The van der Waals surface area contributed by atoms with Gasteiger partial charge in [-0.05, 0) is 50.7 Å². The molecular weight excluding hydrogens is 503 g/mol. The SMILES string of the molecule is C#CCNC(=O)c1cc2c(NC(C)c3ccc(-c4cc(C)ccc4CNC)o3)nc(C(F)(F)F)nc2s1. The highest BCUT2D eigenvalue weighted by molar-refractivity contribution is 7.20. The normalized spacial score (nSPS) is 12.4. The number of aromatic nitrogens is 2. The molecule has 0 spiro atoms. The number of terminal acetylenes is 1. The van der Waals surface area contributed by atoms with Crippen LogP contribution in [0.3, 0.4) is 0 Å². The number of halogens is 3. The average Bonchev–Trinajstić information content (AvgIpc) is 3.51. The lowest BCUT2D eigenvalue weighted by atomic mass is 10.0. The maximum absolute atomic E-state index is 13.5. The Kier molecular flexibility index (Phi) is 7.52. The molecule has 4 rings (SSSR count). The van der Waals surface area contributed by atoms with E-state index < -0.39 is 23.9 Å². The van der Waals surface area contributed by atoms with E-state index in [2.05, 4.69) is 31.8 Å². The second-order valence-corrected chi connectivity index (χ2v) is 9.40. The van der Waals surface area contributed by atoms with Crippen LogP contribution >= 0.6 is 11.3 Å². The number of furan rings is 1. The molecule has 3 heterocycles. The summed E-state index contributed by atoms with van der Waals surface area (Å²) in [7, 11) is 1.86. The smallest absolute Gasteiger partial charge is 0.451 e. The van der Waals surface area contributed by atoms with E-state index in [1.165, 1.54) is 6.07 Å². The van der Waals surface area contributed by atoms with Crippen LogP contribution in [0.25, 0.3) is 21.5 Å². The van der Waals surface area contributed by atoms with Crippen molar-refractivity contribution in [1.82, 2.24) is 20.6 Å². The van der Waals surface area contributed by atoms with Gasteiger partial charge in [0.2, 0.25) is 5.82 Å². The molecule has 0 saturated carbocycles. The van der Waals surface area contributed by atoms with Gasteiger partial charge >= 0.3 is 6.18 Å². The van der Waals surface area contributed by atoms with Crippen molar-refractivity contribution in [3.63, 3.8) is 0 Å². The van der Waals surface area contributed by atoms with Crippen molar-refractivity contribution in [2.24, 2.45) is 0 Å². The van der Waals surface area contributed by atoms with Gasteiger partial charge in [-0.3, -0.25) is 4.79 Å². The summed E-state index contributed by atoms with van der Waals surface area (Å²) >= 11 is 0.831. The van der Waals surface area contributed by atoms with Gasteiger partial charge in [0.25, 0.3) is 5.91 Å². The van der Waals surface area contributed by atoms with Crippen molar-refractivity contribution in [1.29, 1.82) is 0 Å². The monoisotopic (exact) mass is 527 g/mol. The molecule has 1 unspecified atom stereocenters. The fraction of sp³-hybridized carbons (Fsp3) is 0.269. The van der Waals surface area contributed by atoms with E-state index in [0.717, 1.165) is 28.0 Å². The summed E-state index contributed by atoms with van der Waals surface area (Å²) in [5.74, 6) is 1.58. The first-order chi connectivity index (χ1) is 17.6. The molecule has 37 heavy (non-hydrogen) atoms. The molecule has 0 aliphatic carbocycles. The molecule has 1 amide bonds. The molecule has 0 saturated heterocycles. The van der Waals surface area contributed by atoms with Crippen LogP contribution in [0.15, 0.2) is 40.8 Å². The number of fused-ring (bicyclic) bond motifs is 1. The van der Waals surface area contributed by atoms with E-state index in [1.54, 1.807) is 13.0 Å². The molecule has 1 atom stereocenters. The van der Waals surface area contributed by atoms with Gasteiger partial charge in [0, 0.05) is 12.1 Å². The minimum absolute atomic E-state index is 0.00744. The summed E-state index contributed by atoms with van der Waals surface area (Å²) in [6.45, 7) is 4.38. The fourth-order valence-electron chi connectivity index (χ4n) is 3.76. The van der Waals surface area contributed by atoms with Crippen LogP contribution in [0.2, 0.25) is 0 Å². The number of nitrogens with one attached hydrogen (secondary N) is 3. The second-order valence-electron chi connectivity index (χ2n) is 8.37. The van der Waals surface area contributed by atoms with E-state index in [1.807, 2.05) is 38.2 Å². The minimum atomic E-state index is -4.77. The van der Waals surface area contributed by atoms with E-state index in [9.17, 15) is 18.0 Å². The Balaban J connectivity index is 1.68. The molecule has 4 aromatic rings. The van der Waals surface area contributed by atoms with Crippen LogP contribution in [-0.4, -0.2) is 29.5 Å². The first kappa shape index (κ1) is 26.2. The number of hydrogen-bond acceptors (Lipinski definition) is 7. The van der Waals surface area contributed by atoms with Gasteiger partial charge in [0.15, 0.2) is 0 Å². The third-order valence-corrected chi connectivity index (χ3v) is 6.55. The number of thiophene rings is 1. The van der Waals surface area contributed by atoms with Crippen LogP contribution in [0.1, 0.15) is 45.3 Å². The molecule has 3 aromatic heterocycles. The highest BCUT2D eigenvalue weighted by atomic mass is 32.1. The van der Waals surface area contributed by atoms with Gasteiger partial charge in [-0.25, -0.2) is 9.97 Å². The first-order valence-electron chi connectivity index (χ1n) is 11.3. The molecule has 3 N–H and O–H groups in total. The van der Waals surface area contributed by atoms with Crippen molar-refractivity contribution >= 4 is 33.3 Å². The van der Waals surface area contributed by atoms with Crippen molar-refractivity contribution in [2.45, 2.75) is 32.6 Å². The number of aryl methyl sites for hydroxylation is 1. The number of nitrogens with zero attached hydrogens (tertiary/aromatic N) is 2. The Labute approximate surface area is 215 Å². The lowest BCUT2D eigenvalue weighted by Gasteiger charge is -2.15. The zero-order valence-electron chi connectivity index (χ0n) is 20.3. The Morgan fingerprint density at radius 1 is 1.22 bits per heavy atom. The number of carbonyl (C=O) groups excluding carboxylic acids is 1.